The second-order valence-corrected chi connectivity index (χ2v) is 13.4. The van der Waals surface area contributed by atoms with Crippen molar-refractivity contribution in [3.8, 4) is 11.3 Å². The Morgan fingerprint density at radius 3 is 2.48 bits per heavy atom. The van der Waals surface area contributed by atoms with E-state index >= 15 is 4.79 Å². The van der Waals surface area contributed by atoms with Crippen LogP contribution in [0.2, 0.25) is 5.15 Å². The molecule has 3 aliphatic rings. The van der Waals surface area contributed by atoms with E-state index in [9.17, 15) is 0 Å². The van der Waals surface area contributed by atoms with Gasteiger partial charge in [-0.15, -0.1) is 11.8 Å². The maximum Gasteiger partial charge on any atom is 0.169 e. The number of carbonyl (C=O) groups excluding carboxylic acids is 1. The lowest BCUT2D eigenvalue weighted by molar-refractivity contribution is 0.0795. The number of rotatable bonds is 3. The van der Waals surface area contributed by atoms with Crippen LogP contribution in [-0.2, 0) is 5.54 Å². The van der Waals surface area contributed by atoms with Crippen molar-refractivity contribution in [1.29, 1.82) is 0 Å². The summed E-state index contributed by atoms with van der Waals surface area (Å²) >= 11 is 9.06. The molecule has 2 fully saturated rings. The number of benzene rings is 4. The molecule has 2 aliphatic heterocycles. The Morgan fingerprint density at radius 1 is 0.886 bits per heavy atom. The topological polar surface area (TPSA) is 59.0 Å². The number of thioether (sulfide) groups is 1. The molecule has 0 bridgehead atoms. The van der Waals surface area contributed by atoms with Gasteiger partial charge in [0.15, 0.2) is 5.78 Å². The van der Waals surface area contributed by atoms with Crippen LogP contribution in [0.3, 0.4) is 0 Å². The van der Waals surface area contributed by atoms with Gasteiger partial charge in [-0.1, -0.05) is 96.5 Å². The molecule has 2 aromatic heterocycles. The van der Waals surface area contributed by atoms with Crippen LogP contribution >= 0.6 is 23.4 Å². The van der Waals surface area contributed by atoms with Crippen LogP contribution < -0.4 is 0 Å². The Labute approximate surface area is 264 Å². The van der Waals surface area contributed by atoms with Crippen molar-refractivity contribution < 1.29 is 4.79 Å². The van der Waals surface area contributed by atoms with Crippen LogP contribution in [-0.4, -0.2) is 43.3 Å². The van der Waals surface area contributed by atoms with Crippen LogP contribution in [0.25, 0.3) is 33.2 Å². The molecule has 7 heteroatoms. The summed E-state index contributed by atoms with van der Waals surface area (Å²) in [5.74, 6) is 1.03. The van der Waals surface area contributed by atoms with Crippen molar-refractivity contribution in [2.45, 2.75) is 24.4 Å². The number of para-hydroxylation sites is 3. The van der Waals surface area contributed by atoms with E-state index in [-0.39, 0.29) is 17.7 Å². The minimum Gasteiger partial charge on any atom is -0.294 e. The van der Waals surface area contributed by atoms with E-state index in [4.69, 9.17) is 26.6 Å². The van der Waals surface area contributed by atoms with Gasteiger partial charge in [0.2, 0.25) is 0 Å². The van der Waals surface area contributed by atoms with Gasteiger partial charge in [-0.3, -0.25) is 9.69 Å². The molecule has 0 amide bonds. The van der Waals surface area contributed by atoms with E-state index < -0.39 is 11.5 Å². The number of aromatic nitrogens is 3. The molecule has 9 rings (SSSR count). The van der Waals surface area contributed by atoms with Gasteiger partial charge in [-0.25, -0.2) is 15.0 Å². The molecule has 0 saturated carbocycles. The fraction of sp³-hybridized carbons (Fsp3) is 0.189. The number of hydrogen-bond donors (Lipinski definition) is 0. The molecule has 0 N–H and O–H groups in total. The Morgan fingerprint density at radius 2 is 1.64 bits per heavy atom. The summed E-state index contributed by atoms with van der Waals surface area (Å²) in [5, 5.41) is 1.50. The molecule has 4 atom stereocenters. The minimum absolute atomic E-state index is 0.0477. The maximum absolute atomic E-state index is 15.2. The number of aryl methyl sites for hydroxylation is 1. The smallest absolute Gasteiger partial charge is 0.169 e. The van der Waals surface area contributed by atoms with Gasteiger partial charge < -0.3 is 0 Å². The summed E-state index contributed by atoms with van der Waals surface area (Å²) < 4.78 is 0. The summed E-state index contributed by atoms with van der Waals surface area (Å²) in [6.45, 7) is 2.06. The number of pyridine rings is 1. The third-order valence-electron chi connectivity index (χ3n) is 9.85. The summed E-state index contributed by atoms with van der Waals surface area (Å²) in [7, 11) is 0. The van der Waals surface area contributed by atoms with Gasteiger partial charge in [0, 0.05) is 40.1 Å². The van der Waals surface area contributed by atoms with Crippen molar-refractivity contribution in [2.75, 3.05) is 11.6 Å². The average Bonchev–Trinajstić information content (AvgIpc) is 3.72. The molecule has 5 nitrogen and oxygen atoms in total. The van der Waals surface area contributed by atoms with E-state index in [1.807, 2.05) is 66.4 Å². The molecule has 214 valence electrons. The fourth-order valence-electron chi connectivity index (χ4n) is 8.08. The Hall–Kier alpha value is -4.10. The highest BCUT2D eigenvalue weighted by molar-refractivity contribution is 7.99. The van der Waals surface area contributed by atoms with Crippen molar-refractivity contribution in [2.24, 2.45) is 5.92 Å². The van der Waals surface area contributed by atoms with Gasteiger partial charge in [0.1, 0.15) is 10.7 Å². The van der Waals surface area contributed by atoms with Gasteiger partial charge in [-0.2, -0.15) is 0 Å². The molecule has 2 saturated heterocycles. The Kier molecular flexibility index (Phi) is 5.80. The first-order valence-electron chi connectivity index (χ1n) is 14.9. The highest BCUT2D eigenvalue weighted by Gasteiger charge is 2.68. The molecule has 0 radical (unpaired) electrons. The predicted octanol–water partition coefficient (Wildman–Crippen LogP) is 8.04. The Balaban J connectivity index is 1.39. The second kappa shape index (κ2) is 9.70. The molecule has 1 unspecified atom stereocenters. The van der Waals surface area contributed by atoms with E-state index in [1.165, 1.54) is 0 Å². The van der Waals surface area contributed by atoms with Crippen LogP contribution in [0.5, 0.6) is 0 Å². The van der Waals surface area contributed by atoms with Crippen molar-refractivity contribution in [3.05, 3.63) is 136 Å². The van der Waals surface area contributed by atoms with Crippen molar-refractivity contribution >= 4 is 51.1 Å². The normalized spacial score (nSPS) is 23.7. The number of hydrogen-bond acceptors (Lipinski definition) is 6. The van der Waals surface area contributed by atoms with Crippen molar-refractivity contribution in [1.82, 2.24) is 19.9 Å². The molecule has 1 aliphatic carbocycles. The minimum atomic E-state index is -0.820. The molecular formula is C37H27ClN4OS. The van der Waals surface area contributed by atoms with Gasteiger partial charge >= 0.3 is 0 Å². The highest BCUT2D eigenvalue weighted by atomic mass is 35.5. The average molecular weight is 611 g/mol. The molecular weight excluding hydrogens is 584 g/mol. The number of halogens is 1. The molecule has 1 spiro atoms. The van der Waals surface area contributed by atoms with Crippen LogP contribution in [0.4, 0.5) is 0 Å². The summed E-state index contributed by atoms with van der Waals surface area (Å²) in [4.78, 5) is 33.3. The quantitative estimate of drug-likeness (QED) is 0.149. The van der Waals surface area contributed by atoms with Crippen LogP contribution in [0.15, 0.2) is 103 Å². The molecule has 4 heterocycles. The number of fused-ring (bicyclic) bond motifs is 9. The monoisotopic (exact) mass is 610 g/mol. The van der Waals surface area contributed by atoms with E-state index in [1.54, 1.807) is 0 Å². The summed E-state index contributed by atoms with van der Waals surface area (Å²) in [6, 6.07) is 34.6. The molecule has 44 heavy (non-hydrogen) atoms. The lowest BCUT2D eigenvalue weighted by Crippen LogP contribution is -2.48. The van der Waals surface area contributed by atoms with E-state index in [0.717, 1.165) is 67.2 Å². The third kappa shape index (κ3) is 3.47. The SMILES string of the molecule is Cc1cccc2cc([C@@H]3[C@@H](C(=O)c4ccccc4)C4(c5ccccc5-c5nc6ccccc6nc54)N4CSC[C@@H]34)c(Cl)nc12. The highest BCUT2D eigenvalue weighted by Crippen LogP contribution is 2.65. The molecule has 6 aromatic rings. The Bertz CT molecular complexity index is 2150. The summed E-state index contributed by atoms with van der Waals surface area (Å²) in [6.07, 6.45) is 0. The zero-order valence-corrected chi connectivity index (χ0v) is 25.5. The fourth-order valence-corrected chi connectivity index (χ4v) is 9.67. The zero-order chi connectivity index (χ0) is 29.6. The lowest BCUT2D eigenvalue weighted by Gasteiger charge is -2.39. The van der Waals surface area contributed by atoms with E-state index in [0.29, 0.717) is 10.7 Å². The van der Waals surface area contributed by atoms with Crippen LogP contribution in [0.1, 0.15) is 38.7 Å². The lowest BCUT2D eigenvalue weighted by atomic mass is 9.69. The van der Waals surface area contributed by atoms with Gasteiger partial charge in [-0.05, 0) is 41.8 Å². The number of Topliss-reactive ketones (excluding diaryl/α,β-unsaturated/α-hetero) is 1. The van der Waals surface area contributed by atoms with E-state index in [2.05, 4.69) is 60.4 Å². The first-order valence-corrected chi connectivity index (χ1v) is 16.5. The third-order valence-corrected chi connectivity index (χ3v) is 11.2. The predicted molar refractivity (Wildman–Crippen MR) is 177 cm³/mol. The van der Waals surface area contributed by atoms with Crippen LogP contribution in [0, 0.1) is 12.8 Å². The van der Waals surface area contributed by atoms with Gasteiger partial charge in [0.25, 0.3) is 0 Å². The standard InChI is InChI=1S/C37H27ClN4OS/c1-21-10-9-13-23-18-25(36(38)41-32(21)23)30-29-19-44-20-42(29)37(31(30)34(43)22-11-3-2-4-12-22)26-15-6-5-14-24(26)33-35(37)40-28-17-8-7-16-27(28)39-33/h2-18,29-31H,19-20H2,1H3/t29-,30-,31-,37?/m0/s1. The largest absolute Gasteiger partial charge is 0.294 e. The zero-order valence-electron chi connectivity index (χ0n) is 23.9. The van der Waals surface area contributed by atoms with Gasteiger partial charge in [0.05, 0.1) is 33.9 Å². The first kappa shape index (κ1) is 26.3. The summed E-state index contributed by atoms with van der Waals surface area (Å²) in [5.41, 5.74) is 8.31. The number of nitrogens with zero attached hydrogens (tertiary/aromatic N) is 4. The second-order valence-electron chi connectivity index (χ2n) is 12.0. The van der Waals surface area contributed by atoms with Crippen molar-refractivity contribution in [3.63, 3.8) is 0 Å². The first-order chi connectivity index (χ1) is 21.6. The number of ketones is 1. The maximum atomic E-state index is 15.2. The molecule has 4 aromatic carbocycles. The number of carbonyl (C=O) groups is 1.